The largest absolute Gasteiger partial charge is 0.296 e. The van der Waals surface area contributed by atoms with Gasteiger partial charge in [0.05, 0.1) is 0 Å². The molecule has 0 saturated carbocycles. The topological polar surface area (TPSA) is 0 Å². The average Bonchev–Trinajstić information content (AvgIpc) is 3.15. The van der Waals surface area contributed by atoms with Gasteiger partial charge in [0.1, 0.15) is 52.7 Å². The number of rotatable bonds is 5. The van der Waals surface area contributed by atoms with Crippen molar-refractivity contribution >= 4 is 28.0 Å². The van der Waals surface area contributed by atoms with E-state index in [1.165, 1.54) is 9.13 Å². The van der Waals surface area contributed by atoms with Gasteiger partial charge in [-0.1, -0.05) is 26.0 Å². The fraction of sp³-hybridized carbons (Fsp3) is 0.0909. The molecular formula is C33H12BF20I. The van der Waals surface area contributed by atoms with Gasteiger partial charge in [-0.05, 0) is 23.6 Å². The zero-order valence-electron chi connectivity index (χ0n) is 26.4. The number of benzene rings is 5. The summed E-state index contributed by atoms with van der Waals surface area (Å²) in [5, 5.41) is 0. The summed E-state index contributed by atoms with van der Waals surface area (Å²) in [6, 6.07) is 8.73. The van der Waals surface area contributed by atoms with Crippen molar-refractivity contribution in [1.82, 2.24) is 0 Å². The summed E-state index contributed by atoms with van der Waals surface area (Å²) in [5.41, 5.74) is -12.9. The van der Waals surface area contributed by atoms with Crippen LogP contribution in [0, 0.1) is 120 Å². The summed E-state index contributed by atoms with van der Waals surface area (Å²) in [5.74, 6) is -70.8. The predicted octanol–water partition coefficient (Wildman–Crippen LogP) is 5.11. The second-order valence-corrected chi connectivity index (χ2v) is 12.9. The third-order valence-corrected chi connectivity index (χ3v) is 9.03. The molecular weight excluding hydrogens is 914 g/mol. The molecule has 0 nitrogen and oxygen atoms in total. The zero-order chi connectivity index (χ0) is 41.9. The lowest BCUT2D eigenvalue weighted by molar-refractivity contribution is -0.328. The SMILES string of the molecule is CC(C)c1ccc([IH+])cc1.Fc1c(F)c(F)c([B-](c2c(F)c(F)c(F)c(F)c2F)(c2c(F)c(F)c(F)c(F)c2F)c2c(F)c(F)c(F)c(F)c2F)c(F)c1F. The van der Waals surface area contributed by atoms with E-state index < -0.39 is 144 Å². The zero-order valence-corrected chi connectivity index (χ0v) is 28.8. The molecule has 5 aromatic rings. The first-order valence-corrected chi connectivity index (χ1v) is 15.6. The van der Waals surface area contributed by atoms with Crippen LogP contribution >= 0.6 is 0 Å². The van der Waals surface area contributed by atoms with Crippen molar-refractivity contribution in [2.24, 2.45) is 0 Å². The maximum Gasteiger partial charge on any atom is 0.296 e. The fourth-order valence-corrected chi connectivity index (χ4v) is 6.12. The number of halogens is 21. The van der Waals surface area contributed by atoms with E-state index in [4.69, 9.17) is 0 Å². The van der Waals surface area contributed by atoms with Gasteiger partial charge in [0.2, 0.25) is 0 Å². The van der Waals surface area contributed by atoms with E-state index in [0.29, 0.717) is 5.92 Å². The molecule has 0 spiro atoms. The van der Waals surface area contributed by atoms with Gasteiger partial charge in [-0.15, -0.1) is 21.9 Å². The molecule has 0 bridgehead atoms. The minimum Gasteiger partial charge on any atom is -0.207 e. The molecule has 55 heavy (non-hydrogen) atoms. The minimum absolute atomic E-state index is 0.654. The van der Waals surface area contributed by atoms with E-state index in [1.54, 1.807) is 0 Å². The molecule has 0 aromatic heterocycles. The summed E-state index contributed by atoms with van der Waals surface area (Å²) < 4.78 is 295. The van der Waals surface area contributed by atoms with E-state index in [1.807, 2.05) is 22.6 Å². The summed E-state index contributed by atoms with van der Waals surface area (Å²) in [6.07, 6.45) is -7.22. The predicted molar refractivity (Wildman–Crippen MR) is 150 cm³/mol. The summed E-state index contributed by atoms with van der Waals surface area (Å²) in [4.78, 5) is 0. The Morgan fingerprint density at radius 3 is 0.636 bits per heavy atom. The second-order valence-electron chi connectivity index (χ2n) is 11.5. The van der Waals surface area contributed by atoms with E-state index in [-0.39, 0.29) is 0 Å². The Balaban J connectivity index is 0.000000583. The fourth-order valence-electron chi connectivity index (χ4n) is 5.73. The number of hydrogen-bond acceptors (Lipinski definition) is 0. The Labute approximate surface area is 307 Å². The van der Waals surface area contributed by atoms with Crippen molar-refractivity contribution in [2.75, 3.05) is 0 Å². The van der Waals surface area contributed by atoms with Crippen LogP contribution in [0.5, 0.6) is 0 Å². The molecule has 0 fully saturated rings. The van der Waals surface area contributed by atoms with Crippen LogP contribution in [0.3, 0.4) is 0 Å². The Morgan fingerprint density at radius 2 is 0.473 bits per heavy atom. The lowest BCUT2D eigenvalue weighted by atomic mass is 9.12. The highest BCUT2D eigenvalue weighted by molar-refractivity contribution is 7.20. The Kier molecular flexibility index (Phi) is 12.2. The Bertz CT molecular complexity index is 1980. The van der Waals surface area contributed by atoms with Crippen molar-refractivity contribution in [3.63, 3.8) is 0 Å². The molecule has 5 rings (SSSR count). The molecule has 0 heterocycles. The average molecular weight is 926 g/mol. The van der Waals surface area contributed by atoms with Crippen LogP contribution in [-0.2, 0) is 0 Å². The van der Waals surface area contributed by atoms with Crippen LogP contribution in [0.2, 0.25) is 0 Å². The van der Waals surface area contributed by atoms with Gasteiger partial charge in [-0.3, -0.25) is 0 Å². The monoisotopic (exact) mass is 926 g/mol. The van der Waals surface area contributed by atoms with Gasteiger partial charge in [-0.25, -0.2) is 87.8 Å². The van der Waals surface area contributed by atoms with E-state index in [0.717, 1.165) is 0 Å². The first kappa shape index (κ1) is 43.2. The molecule has 294 valence electrons. The molecule has 0 aliphatic heterocycles. The molecule has 0 saturated heterocycles. The highest BCUT2D eigenvalue weighted by Gasteiger charge is 2.52. The lowest BCUT2D eigenvalue weighted by Gasteiger charge is -2.44. The normalized spacial score (nSPS) is 11.7. The standard InChI is InChI=1S/C24BF20.C9H12I/c26-5-1(6(27)14(35)21(42)13(5)34)25(2-7(28)15(36)22(43)16(37)8(2)29,3-9(30)17(38)23(44)18(39)10(3)31)4-11(32)19(40)24(45)20(41)12(4)33;1-7(2)8-3-5-9(10)6-4-8/h;3-7,10H,1-2H3/q-1;+1. The van der Waals surface area contributed by atoms with Crippen molar-refractivity contribution in [1.29, 1.82) is 0 Å². The second kappa shape index (κ2) is 15.6. The summed E-state index contributed by atoms with van der Waals surface area (Å²) in [6.45, 7) is 4.43. The molecule has 0 radical (unpaired) electrons. The minimum atomic E-state index is -7.22. The highest BCUT2D eigenvalue weighted by Crippen LogP contribution is 2.30. The van der Waals surface area contributed by atoms with Crippen LogP contribution in [0.4, 0.5) is 87.8 Å². The Morgan fingerprint density at radius 1 is 0.309 bits per heavy atom. The summed E-state index contributed by atoms with van der Waals surface area (Å²) >= 11 is 2.05. The van der Waals surface area contributed by atoms with Gasteiger partial charge in [-0.2, -0.15) is 0 Å². The van der Waals surface area contributed by atoms with Gasteiger partial charge in [0.25, 0.3) is 22.6 Å². The van der Waals surface area contributed by atoms with Crippen LogP contribution < -0.4 is 44.4 Å². The van der Waals surface area contributed by atoms with Crippen LogP contribution in [0.1, 0.15) is 25.3 Å². The highest BCUT2D eigenvalue weighted by atomic mass is 127. The van der Waals surface area contributed by atoms with Crippen LogP contribution in [0.15, 0.2) is 24.3 Å². The molecule has 0 atom stereocenters. The first-order chi connectivity index (χ1) is 25.4. The van der Waals surface area contributed by atoms with Crippen LogP contribution in [-0.4, -0.2) is 6.15 Å². The van der Waals surface area contributed by atoms with E-state index >= 15 is 35.1 Å². The van der Waals surface area contributed by atoms with Crippen molar-refractivity contribution < 1.29 is 110 Å². The molecule has 0 unspecified atom stereocenters. The lowest BCUT2D eigenvalue weighted by Crippen LogP contribution is -3.34. The molecule has 0 amide bonds. The molecule has 22 heteroatoms. The van der Waals surface area contributed by atoms with Crippen LogP contribution in [0.25, 0.3) is 0 Å². The van der Waals surface area contributed by atoms with E-state index in [9.17, 15) is 52.7 Å². The maximum atomic E-state index is 15.4. The number of hydrogen-bond donors (Lipinski definition) is 0. The third kappa shape index (κ3) is 6.66. The van der Waals surface area contributed by atoms with Gasteiger partial charge in [0.15, 0.2) is 73.4 Å². The summed E-state index contributed by atoms with van der Waals surface area (Å²) in [7, 11) is 0. The van der Waals surface area contributed by atoms with E-state index in [2.05, 4.69) is 38.1 Å². The van der Waals surface area contributed by atoms with Crippen molar-refractivity contribution in [3.8, 4) is 0 Å². The molecule has 5 aromatic carbocycles. The molecule has 0 aliphatic carbocycles. The molecule has 0 aliphatic rings. The molecule has 0 N–H and O–H groups in total. The first-order valence-electron chi connectivity index (χ1n) is 14.4. The van der Waals surface area contributed by atoms with Gasteiger partial charge >= 0.3 is 0 Å². The maximum absolute atomic E-state index is 15.4. The van der Waals surface area contributed by atoms with Gasteiger partial charge in [0, 0.05) is 0 Å². The smallest absolute Gasteiger partial charge is 0.207 e. The van der Waals surface area contributed by atoms with Crippen molar-refractivity contribution in [3.05, 3.63) is 150 Å². The third-order valence-electron chi connectivity index (χ3n) is 8.25. The van der Waals surface area contributed by atoms with Gasteiger partial charge < -0.3 is 0 Å². The quantitative estimate of drug-likeness (QED) is 0.0757. The van der Waals surface area contributed by atoms with Crippen molar-refractivity contribution in [2.45, 2.75) is 19.8 Å². The Hall–Kier alpha value is -4.51.